The van der Waals surface area contributed by atoms with Crippen molar-refractivity contribution in [1.82, 2.24) is 24.3 Å². The van der Waals surface area contributed by atoms with Crippen LogP contribution >= 0.6 is 0 Å². The normalized spacial score (nSPS) is 10.4. The summed E-state index contributed by atoms with van der Waals surface area (Å²) >= 11 is 0. The fourth-order valence-corrected chi connectivity index (χ4v) is 7.15. The van der Waals surface area contributed by atoms with E-state index in [9.17, 15) is 15.2 Å². The fraction of sp³-hybridized carbons (Fsp3) is 0.155. The van der Waals surface area contributed by atoms with Crippen LogP contribution in [0.2, 0.25) is 0 Å². The summed E-state index contributed by atoms with van der Waals surface area (Å²) in [5.74, 6) is 0.593. The number of nitriles is 1. The topological polar surface area (TPSA) is 177 Å². The first-order chi connectivity index (χ1) is 33.7. The minimum atomic E-state index is -0.291. The Morgan fingerprint density at radius 1 is 0.690 bits per heavy atom. The summed E-state index contributed by atoms with van der Waals surface area (Å²) in [6.07, 6.45) is 0.621. The molecule has 9 rings (SSSR count). The van der Waals surface area contributed by atoms with E-state index in [2.05, 4.69) is 20.9 Å². The van der Waals surface area contributed by atoms with Gasteiger partial charge >= 0.3 is 51.4 Å². The van der Waals surface area contributed by atoms with Crippen LogP contribution < -0.4 is 57.1 Å². The molecule has 0 fully saturated rings. The molecule has 0 bridgehead atoms. The van der Waals surface area contributed by atoms with E-state index in [1.54, 1.807) is 13.8 Å². The van der Waals surface area contributed by atoms with E-state index in [0.29, 0.717) is 53.6 Å². The van der Waals surface area contributed by atoms with Gasteiger partial charge in [0.15, 0.2) is 17.1 Å². The van der Waals surface area contributed by atoms with Gasteiger partial charge in [0.1, 0.15) is 34.9 Å². The van der Waals surface area contributed by atoms with Crippen LogP contribution in [-0.2, 0) is 22.4 Å². The van der Waals surface area contributed by atoms with Crippen molar-refractivity contribution < 1.29 is 72.6 Å². The SMILES string of the molecule is C.CCO.CCOC(C)C(=O)Cc1ccccc1.N#Cc1c(-c2ccccc2)nc(-c2ccccc2)c2nc(Cc3ccccc3)c(O)n12.[C-]#[N+]c1nc(N)c(-c2ccccc2)nc1-c1ccccc1.[H-].[K+]. The van der Waals surface area contributed by atoms with E-state index < -0.39 is 0 Å². The number of imidazole rings is 1. The molecule has 0 saturated heterocycles. The van der Waals surface area contributed by atoms with Gasteiger partial charge in [0.05, 0.1) is 5.69 Å². The number of ether oxygens (including phenoxy) is 1. The number of Topliss-reactive ketones (excluding diaryl/α,β-unsaturated/α-hetero) is 1. The van der Waals surface area contributed by atoms with Crippen LogP contribution in [0.15, 0.2) is 182 Å². The third kappa shape index (κ3) is 15.2. The molecule has 1 unspecified atom stereocenters. The van der Waals surface area contributed by atoms with Gasteiger partial charge in [0.2, 0.25) is 11.7 Å². The monoisotopic (exact) mass is 968 g/mol. The number of nitrogens with two attached hydrogens (primary N) is 1. The third-order valence-corrected chi connectivity index (χ3v) is 10.4. The predicted octanol–water partition coefficient (Wildman–Crippen LogP) is 9.15. The Kier molecular flexibility index (Phi) is 23.1. The molecule has 1 atom stereocenters. The number of rotatable bonds is 11. The van der Waals surface area contributed by atoms with Crippen LogP contribution in [0, 0.1) is 17.9 Å². The predicted molar refractivity (Wildman–Crippen MR) is 280 cm³/mol. The first-order valence-corrected chi connectivity index (χ1v) is 22.3. The van der Waals surface area contributed by atoms with Gasteiger partial charge in [-0.1, -0.05) is 201 Å². The van der Waals surface area contributed by atoms with Crippen molar-refractivity contribution in [2.45, 2.75) is 47.1 Å². The maximum absolute atomic E-state index is 11.6. The summed E-state index contributed by atoms with van der Waals surface area (Å²) in [5.41, 5.74) is 14.9. The number of aliphatic hydroxyl groups is 1. The van der Waals surface area contributed by atoms with Crippen LogP contribution in [-0.4, -0.2) is 59.7 Å². The molecule has 354 valence electrons. The fourth-order valence-electron chi connectivity index (χ4n) is 7.15. The minimum Gasteiger partial charge on any atom is -1.00 e. The minimum absolute atomic E-state index is 0. The molecular weight excluding hydrogens is 912 g/mol. The largest absolute Gasteiger partial charge is 1.00 e. The zero-order valence-electron chi connectivity index (χ0n) is 40.6. The van der Waals surface area contributed by atoms with Crippen molar-refractivity contribution >= 4 is 23.1 Å². The maximum Gasteiger partial charge on any atom is 1.00 e. The molecule has 0 amide bonds. The van der Waals surface area contributed by atoms with Crippen molar-refractivity contribution in [2.24, 2.45) is 0 Å². The molecule has 3 heterocycles. The van der Waals surface area contributed by atoms with Crippen molar-refractivity contribution in [1.29, 1.82) is 5.26 Å². The molecule has 0 aliphatic carbocycles. The molecule has 0 radical (unpaired) electrons. The van der Waals surface area contributed by atoms with Crippen molar-refractivity contribution in [3.8, 4) is 57.0 Å². The Bertz CT molecular complexity index is 3140. The second-order valence-corrected chi connectivity index (χ2v) is 15.2. The van der Waals surface area contributed by atoms with Gasteiger partial charge < -0.3 is 27.0 Å². The second kappa shape index (κ2) is 29.1. The first kappa shape index (κ1) is 56.4. The van der Waals surface area contributed by atoms with E-state index in [4.69, 9.17) is 32.1 Å². The number of aromatic nitrogens is 5. The van der Waals surface area contributed by atoms with Gasteiger partial charge in [-0.05, 0) is 37.5 Å². The van der Waals surface area contributed by atoms with Crippen LogP contribution in [0.1, 0.15) is 52.1 Å². The summed E-state index contributed by atoms with van der Waals surface area (Å²) in [6.45, 7) is 13.5. The molecule has 4 N–H and O–H groups in total. The molecular formula is C58H57KN8O4. The van der Waals surface area contributed by atoms with E-state index >= 15 is 0 Å². The molecule has 6 aromatic carbocycles. The van der Waals surface area contributed by atoms with Crippen LogP contribution in [0.5, 0.6) is 5.88 Å². The standard InChI is InChI=1S/C26H18N4O.C17H12N4.C12H16O2.C2H6O.CH4.K.H/c27-17-22-23(19-12-6-2-7-13-19)29-24(20-14-8-3-9-15-20)25-28-21(26(31)30(22)25)16-18-10-4-1-5-11-18;1-19-17-15(13-10-6-3-7-11-13)20-14(16(18)21-17)12-8-4-2-5-9-12;1-3-14-10(2)12(13)9-11-7-5-4-6-8-11;1-2-3;;;/h1-15,31H,16H2;2-11H,(H2,18,21);4-8,10H,3,9H2,1-2H3;3H,2H2,1H3;1H4;;/q;;;;;+1;-1. The number of nitrogen functional groups attached to an aromatic ring is 1. The molecule has 0 spiro atoms. The number of benzene rings is 6. The molecule has 9 aromatic rings. The van der Waals surface area contributed by atoms with Gasteiger partial charge in [-0.25, -0.2) is 14.4 Å². The summed E-state index contributed by atoms with van der Waals surface area (Å²) < 4.78 is 6.75. The van der Waals surface area contributed by atoms with Gasteiger partial charge in [-0.2, -0.15) is 5.26 Å². The van der Waals surface area contributed by atoms with Gasteiger partial charge in [-0.15, -0.1) is 0 Å². The number of carbonyl (C=O) groups excluding carboxylic acids is 1. The van der Waals surface area contributed by atoms with E-state index in [1.807, 2.05) is 189 Å². The number of aromatic hydroxyl groups is 1. The zero-order chi connectivity index (χ0) is 49.0. The number of aliphatic hydroxyl groups excluding tert-OH is 1. The number of ketones is 1. The first-order valence-electron chi connectivity index (χ1n) is 22.3. The van der Waals surface area contributed by atoms with Crippen LogP contribution in [0.3, 0.4) is 0 Å². The smallest absolute Gasteiger partial charge is 1.00 e. The molecule has 0 aliphatic rings. The van der Waals surface area contributed by atoms with Gasteiger partial charge in [0.25, 0.3) is 5.82 Å². The average Bonchev–Trinajstić information content (AvgIpc) is 3.72. The summed E-state index contributed by atoms with van der Waals surface area (Å²) in [4.78, 5) is 33.4. The summed E-state index contributed by atoms with van der Waals surface area (Å²) in [5, 5.41) is 28.7. The van der Waals surface area contributed by atoms with Crippen LogP contribution in [0.4, 0.5) is 11.6 Å². The molecule has 0 saturated carbocycles. The number of nitrogens with zero attached hydrogens (tertiary/aromatic N) is 7. The number of anilines is 1. The Hall–Kier alpha value is -7.17. The molecule has 13 heteroatoms. The second-order valence-electron chi connectivity index (χ2n) is 15.2. The third-order valence-electron chi connectivity index (χ3n) is 10.4. The number of fused-ring (bicyclic) bond motifs is 1. The van der Waals surface area contributed by atoms with E-state index in [0.717, 1.165) is 33.4 Å². The van der Waals surface area contributed by atoms with Gasteiger partial charge in [-0.3, -0.25) is 9.78 Å². The number of hydrogen-bond donors (Lipinski definition) is 3. The van der Waals surface area contributed by atoms with E-state index in [1.165, 1.54) is 4.40 Å². The van der Waals surface area contributed by atoms with Crippen molar-refractivity contribution in [3.63, 3.8) is 0 Å². The molecule has 3 aromatic heterocycles. The van der Waals surface area contributed by atoms with E-state index in [-0.39, 0.29) is 102 Å². The quantitative estimate of drug-likeness (QED) is 0.0837. The Balaban J connectivity index is 0.000000291. The van der Waals surface area contributed by atoms with Crippen LogP contribution in [0.25, 0.3) is 55.5 Å². The average molecular weight is 969 g/mol. The maximum atomic E-state index is 11.6. The zero-order valence-corrected chi connectivity index (χ0v) is 42.8. The molecule has 71 heavy (non-hydrogen) atoms. The summed E-state index contributed by atoms with van der Waals surface area (Å²) in [7, 11) is 0. The number of hydrogen-bond acceptors (Lipinski definition) is 10. The van der Waals surface area contributed by atoms with Gasteiger partial charge in [0, 0.05) is 42.7 Å². The molecule has 0 aliphatic heterocycles. The Morgan fingerprint density at radius 2 is 1.10 bits per heavy atom. The van der Waals surface area contributed by atoms with Crippen molar-refractivity contribution in [3.05, 3.63) is 216 Å². The van der Waals surface area contributed by atoms with Crippen molar-refractivity contribution in [2.75, 3.05) is 18.9 Å². The Labute approximate surface area is 460 Å². The summed E-state index contributed by atoms with van der Waals surface area (Å²) in [6, 6.07) is 60.2. The Morgan fingerprint density at radius 3 is 1.55 bits per heavy atom. The molecule has 12 nitrogen and oxygen atoms in total. The number of carbonyl (C=O) groups is 1.